The monoisotopic (exact) mass is 296 g/mol. The summed E-state index contributed by atoms with van der Waals surface area (Å²) in [7, 11) is 0. The van der Waals surface area contributed by atoms with Crippen molar-refractivity contribution in [2.45, 2.75) is 33.6 Å². The van der Waals surface area contributed by atoms with Gasteiger partial charge in [-0.1, -0.05) is 25.4 Å². The molecular formula is C15H21ClN2O2. The first kappa shape index (κ1) is 16.5. The van der Waals surface area contributed by atoms with Crippen LogP contribution in [0.25, 0.3) is 0 Å². The quantitative estimate of drug-likeness (QED) is 0.848. The first-order chi connectivity index (χ1) is 9.49. The van der Waals surface area contributed by atoms with Gasteiger partial charge in [0.05, 0.1) is 0 Å². The summed E-state index contributed by atoms with van der Waals surface area (Å²) in [4.78, 5) is 25.7. The average molecular weight is 297 g/mol. The van der Waals surface area contributed by atoms with Crippen LogP contribution in [-0.2, 0) is 9.59 Å². The number of hydrogen-bond donors (Lipinski definition) is 1. The topological polar surface area (TPSA) is 49.4 Å². The van der Waals surface area contributed by atoms with Crippen molar-refractivity contribution in [2.24, 2.45) is 0 Å². The van der Waals surface area contributed by atoms with E-state index < -0.39 is 11.8 Å². The second kappa shape index (κ2) is 7.90. The zero-order chi connectivity index (χ0) is 15.1. The minimum Gasteiger partial charge on any atom is -0.334 e. The largest absolute Gasteiger partial charge is 0.334 e. The van der Waals surface area contributed by atoms with Crippen LogP contribution in [0.5, 0.6) is 0 Å². The van der Waals surface area contributed by atoms with E-state index in [2.05, 4.69) is 5.32 Å². The van der Waals surface area contributed by atoms with Crippen LogP contribution in [0.4, 0.5) is 5.69 Å². The molecule has 0 aliphatic rings. The van der Waals surface area contributed by atoms with Gasteiger partial charge in [-0.05, 0) is 43.5 Å². The zero-order valence-corrected chi connectivity index (χ0v) is 13.0. The highest BCUT2D eigenvalue weighted by Gasteiger charge is 2.21. The van der Waals surface area contributed by atoms with E-state index >= 15 is 0 Å². The predicted molar refractivity (Wildman–Crippen MR) is 82.0 cm³/mol. The molecule has 20 heavy (non-hydrogen) atoms. The smallest absolute Gasteiger partial charge is 0.313 e. The summed E-state index contributed by atoms with van der Waals surface area (Å²) < 4.78 is 0. The fourth-order valence-electron chi connectivity index (χ4n) is 1.94. The Morgan fingerprint density at radius 3 is 2.30 bits per heavy atom. The Balaban J connectivity index is 2.76. The maximum atomic E-state index is 12.1. The standard InChI is InChI=1S/C15H21ClN2O2/c1-4-8-18(9-5-2)15(20)14(19)17-13-7-6-12(16)10-11(13)3/h6-7,10H,4-5,8-9H2,1-3H3,(H,17,19). The van der Waals surface area contributed by atoms with Crippen molar-refractivity contribution in [1.29, 1.82) is 0 Å². The van der Waals surface area contributed by atoms with Gasteiger partial charge in [-0.3, -0.25) is 9.59 Å². The molecular weight excluding hydrogens is 276 g/mol. The SMILES string of the molecule is CCCN(CCC)C(=O)C(=O)Nc1ccc(Cl)cc1C. The number of hydrogen-bond acceptors (Lipinski definition) is 2. The Kier molecular flexibility index (Phi) is 6.52. The lowest BCUT2D eigenvalue weighted by atomic mass is 10.2. The first-order valence-corrected chi connectivity index (χ1v) is 7.23. The number of rotatable bonds is 5. The summed E-state index contributed by atoms with van der Waals surface area (Å²) in [5, 5.41) is 3.25. The van der Waals surface area contributed by atoms with Crippen molar-refractivity contribution >= 4 is 29.1 Å². The highest BCUT2D eigenvalue weighted by atomic mass is 35.5. The van der Waals surface area contributed by atoms with Crippen LogP contribution in [0, 0.1) is 6.92 Å². The summed E-state index contributed by atoms with van der Waals surface area (Å²) in [6.07, 6.45) is 1.66. The van der Waals surface area contributed by atoms with Gasteiger partial charge in [0.25, 0.3) is 0 Å². The molecule has 0 saturated heterocycles. The number of carbonyl (C=O) groups excluding carboxylic acids is 2. The molecule has 0 unspecified atom stereocenters. The van der Waals surface area contributed by atoms with E-state index in [9.17, 15) is 9.59 Å². The van der Waals surface area contributed by atoms with Crippen LogP contribution < -0.4 is 5.32 Å². The summed E-state index contributed by atoms with van der Waals surface area (Å²) in [5.41, 5.74) is 1.44. The van der Waals surface area contributed by atoms with Crippen LogP contribution in [0.2, 0.25) is 5.02 Å². The van der Waals surface area contributed by atoms with Gasteiger partial charge in [0, 0.05) is 23.8 Å². The van der Waals surface area contributed by atoms with Crippen molar-refractivity contribution in [1.82, 2.24) is 4.90 Å². The fraction of sp³-hybridized carbons (Fsp3) is 0.467. The number of amides is 2. The maximum absolute atomic E-state index is 12.1. The molecule has 1 N–H and O–H groups in total. The summed E-state index contributed by atoms with van der Waals surface area (Å²) in [6.45, 7) is 7.00. The van der Waals surface area contributed by atoms with E-state index in [4.69, 9.17) is 11.6 Å². The number of aryl methyl sites for hydroxylation is 1. The van der Waals surface area contributed by atoms with Gasteiger partial charge in [-0.15, -0.1) is 0 Å². The minimum atomic E-state index is -0.600. The Labute approximate surface area is 125 Å². The van der Waals surface area contributed by atoms with E-state index in [0.717, 1.165) is 18.4 Å². The number of anilines is 1. The molecule has 0 radical (unpaired) electrons. The molecule has 0 bridgehead atoms. The van der Waals surface area contributed by atoms with Crippen LogP contribution >= 0.6 is 11.6 Å². The lowest BCUT2D eigenvalue weighted by molar-refractivity contribution is -0.143. The van der Waals surface area contributed by atoms with Gasteiger partial charge < -0.3 is 10.2 Å². The van der Waals surface area contributed by atoms with Crippen molar-refractivity contribution in [3.8, 4) is 0 Å². The van der Waals surface area contributed by atoms with Gasteiger partial charge in [0.15, 0.2) is 0 Å². The second-order valence-corrected chi connectivity index (χ2v) is 5.14. The van der Waals surface area contributed by atoms with Gasteiger partial charge >= 0.3 is 11.8 Å². The van der Waals surface area contributed by atoms with Gasteiger partial charge in [-0.2, -0.15) is 0 Å². The molecule has 0 atom stereocenters. The van der Waals surface area contributed by atoms with Crippen molar-refractivity contribution in [3.63, 3.8) is 0 Å². The predicted octanol–water partition coefficient (Wildman–Crippen LogP) is 3.24. The number of carbonyl (C=O) groups is 2. The Hall–Kier alpha value is -1.55. The third kappa shape index (κ3) is 4.53. The first-order valence-electron chi connectivity index (χ1n) is 6.86. The summed E-state index contributed by atoms with van der Waals surface area (Å²) in [5.74, 6) is -1.08. The Morgan fingerprint density at radius 1 is 1.20 bits per heavy atom. The molecule has 5 heteroatoms. The third-order valence-electron chi connectivity index (χ3n) is 2.91. The van der Waals surface area contributed by atoms with Crippen molar-refractivity contribution in [3.05, 3.63) is 28.8 Å². The number of nitrogens with zero attached hydrogens (tertiary/aromatic N) is 1. The van der Waals surface area contributed by atoms with E-state index in [1.165, 1.54) is 0 Å². The summed E-state index contributed by atoms with van der Waals surface area (Å²) in [6, 6.07) is 5.13. The van der Waals surface area contributed by atoms with Gasteiger partial charge in [0.1, 0.15) is 0 Å². The van der Waals surface area contributed by atoms with Crippen LogP contribution in [0.15, 0.2) is 18.2 Å². The molecule has 2 amide bonds. The highest BCUT2D eigenvalue weighted by molar-refractivity contribution is 6.39. The highest BCUT2D eigenvalue weighted by Crippen LogP contribution is 2.19. The molecule has 4 nitrogen and oxygen atoms in total. The number of benzene rings is 1. The van der Waals surface area contributed by atoms with Crippen LogP contribution in [0.1, 0.15) is 32.3 Å². The van der Waals surface area contributed by atoms with Gasteiger partial charge in [0.2, 0.25) is 0 Å². The third-order valence-corrected chi connectivity index (χ3v) is 3.14. The minimum absolute atomic E-state index is 0.483. The second-order valence-electron chi connectivity index (χ2n) is 4.71. The molecule has 0 saturated carbocycles. The fourth-order valence-corrected chi connectivity index (χ4v) is 2.17. The molecule has 0 heterocycles. The lowest BCUT2D eigenvalue weighted by Gasteiger charge is -2.20. The normalized spacial score (nSPS) is 10.2. The molecule has 1 aromatic carbocycles. The maximum Gasteiger partial charge on any atom is 0.313 e. The van der Waals surface area contributed by atoms with E-state index in [0.29, 0.717) is 23.8 Å². The van der Waals surface area contributed by atoms with Crippen LogP contribution in [-0.4, -0.2) is 29.8 Å². The van der Waals surface area contributed by atoms with E-state index in [1.54, 1.807) is 23.1 Å². The molecule has 1 rings (SSSR count). The zero-order valence-electron chi connectivity index (χ0n) is 12.2. The van der Waals surface area contributed by atoms with Crippen LogP contribution in [0.3, 0.4) is 0 Å². The van der Waals surface area contributed by atoms with E-state index in [1.807, 2.05) is 20.8 Å². The van der Waals surface area contributed by atoms with Gasteiger partial charge in [-0.25, -0.2) is 0 Å². The number of nitrogens with one attached hydrogen (secondary N) is 1. The Bertz CT molecular complexity index is 483. The van der Waals surface area contributed by atoms with E-state index in [-0.39, 0.29) is 0 Å². The molecule has 110 valence electrons. The van der Waals surface area contributed by atoms with Crippen molar-refractivity contribution < 1.29 is 9.59 Å². The molecule has 0 spiro atoms. The lowest BCUT2D eigenvalue weighted by Crippen LogP contribution is -2.40. The molecule has 0 aliphatic carbocycles. The Morgan fingerprint density at radius 2 is 1.80 bits per heavy atom. The molecule has 0 aliphatic heterocycles. The molecule has 0 fully saturated rings. The molecule has 1 aromatic rings. The summed E-state index contributed by atoms with van der Waals surface area (Å²) >= 11 is 5.86. The number of halogens is 1. The van der Waals surface area contributed by atoms with Crippen molar-refractivity contribution in [2.75, 3.05) is 18.4 Å². The molecule has 0 aromatic heterocycles. The average Bonchev–Trinajstić information content (AvgIpc) is 2.40.